The van der Waals surface area contributed by atoms with Crippen molar-refractivity contribution in [2.45, 2.75) is 19.0 Å². The van der Waals surface area contributed by atoms with E-state index in [0.717, 1.165) is 11.4 Å². The maximum absolute atomic E-state index is 11.4. The minimum Gasteiger partial charge on any atom is -0.478 e. The maximum atomic E-state index is 11.4. The van der Waals surface area contributed by atoms with E-state index < -0.39 is 5.97 Å². The SMILES string of the molecule is CC(=O)Nc1ccc(N2C(=S)N[C@@H](c3ccccn3)[C@@H]2c2ccc(-c3cccc(C(=O)O)c3)o2)cc1. The number of carboxylic acids is 1. The van der Waals surface area contributed by atoms with Crippen molar-refractivity contribution in [2.75, 3.05) is 10.2 Å². The Balaban J connectivity index is 1.55. The lowest BCUT2D eigenvalue weighted by Crippen LogP contribution is -2.29. The van der Waals surface area contributed by atoms with Gasteiger partial charge in [-0.1, -0.05) is 18.2 Å². The maximum Gasteiger partial charge on any atom is 0.335 e. The Bertz CT molecular complexity index is 1440. The minimum absolute atomic E-state index is 0.149. The van der Waals surface area contributed by atoms with Gasteiger partial charge < -0.3 is 25.1 Å². The van der Waals surface area contributed by atoms with Gasteiger partial charge in [0, 0.05) is 30.1 Å². The summed E-state index contributed by atoms with van der Waals surface area (Å²) < 4.78 is 6.30. The first-order valence-corrected chi connectivity index (χ1v) is 11.6. The second-order valence-corrected chi connectivity index (χ2v) is 8.70. The Labute approximate surface area is 212 Å². The van der Waals surface area contributed by atoms with Crippen molar-refractivity contribution < 1.29 is 19.1 Å². The number of carboxylic acid groups (broad SMARTS) is 1. The van der Waals surface area contributed by atoms with Crippen LogP contribution in [0.3, 0.4) is 0 Å². The second kappa shape index (κ2) is 9.63. The Morgan fingerprint density at radius 1 is 1.06 bits per heavy atom. The summed E-state index contributed by atoms with van der Waals surface area (Å²) in [5, 5.41) is 16.0. The quantitative estimate of drug-likeness (QED) is 0.312. The number of thiocarbonyl (C=S) groups is 1. The lowest BCUT2D eigenvalue weighted by Gasteiger charge is -2.26. The van der Waals surface area contributed by atoms with Crippen LogP contribution < -0.4 is 15.5 Å². The number of carbonyl (C=O) groups excluding carboxylic acids is 1. The zero-order valence-electron chi connectivity index (χ0n) is 19.2. The predicted molar refractivity (Wildman–Crippen MR) is 140 cm³/mol. The van der Waals surface area contributed by atoms with Gasteiger partial charge in [-0.2, -0.15) is 0 Å². The van der Waals surface area contributed by atoms with Gasteiger partial charge in [0.05, 0.1) is 17.3 Å². The molecule has 0 unspecified atom stereocenters. The van der Waals surface area contributed by atoms with Crippen molar-refractivity contribution >= 4 is 40.6 Å². The van der Waals surface area contributed by atoms with Crippen molar-refractivity contribution in [1.82, 2.24) is 10.3 Å². The number of amides is 1. The molecule has 1 saturated heterocycles. The van der Waals surface area contributed by atoms with Gasteiger partial charge in [-0.15, -0.1) is 0 Å². The monoisotopic (exact) mass is 498 g/mol. The van der Waals surface area contributed by atoms with E-state index in [0.29, 0.717) is 27.9 Å². The van der Waals surface area contributed by atoms with E-state index >= 15 is 0 Å². The van der Waals surface area contributed by atoms with E-state index in [9.17, 15) is 14.7 Å². The predicted octanol–water partition coefficient (Wildman–Crippen LogP) is 5.18. The molecule has 1 aliphatic heterocycles. The first-order valence-electron chi connectivity index (χ1n) is 11.2. The van der Waals surface area contributed by atoms with E-state index in [1.165, 1.54) is 6.92 Å². The Morgan fingerprint density at radius 2 is 1.86 bits per heavy atom. The molecule has 8 nitrogen and oxygen atoms in total. The van der Waals surface area contributed by atoms with Gasteiger partial charge >= 0.3 is 5.97 Å². The Morgan fingerprint density at radius 3 is 2.56 bits per heavy atom. The summed E-state index contributed by atoms with van der Waals surface area (Å²) >= 11 is 5.74. The van der Waals surface area contributed by atoms with Crippen molar-refractivity contribution in [3.8, 4) is 11.3 Å². The first-order chi connectivity index (χ1) is 17.4. The molecule has 3 N–H and O–H groups in total. The number of hydrogen-bond acceptors (Lipinski definition) is 5. The molecule has 9 heteroatoms. The van der Waals surface area contributed by atoms with Crippen molar-refractivity contribution in [2.24, 2.45) is 0 Å². The highest BCUT2D eigenvalue weighted by atomic mass is 32.1. The molecule has 0 bridgehead atoms. The van der Waals surface area contributed by atoms with Gasteiger partial charge in [0.1, 0.15) is 17.6 Å². The molecule has 0 radical (unpaired) electrons. The Hall–Kier alpha value is -4.50. The van der Waals surface area contributed by atoms with E-state index in [2.05, 4.69) is 15.6 Å². The molecule has 2 atom stereocenters. The second-order valence-electron chi connectivity index (χ2n) is 8.31. The van der Waals surface area contributed by atoms with Gasteiger partial charge in [-0.05, 0) is 72.9 Å². The van der Waals surface area contributed by atoms with Crippen LogP contribution in [0.25, 0.3) is 11.3 Å². The molecular weight excluding hydrogens is 476 g/mol. The third-order valence-corrected chi connectivity index (χ3v) is 6.19. The van der Waals surface area contributed by atoms with Crippen LogP contribution in [0.5, 0.6) is 0 Å². The highest BCUT2D eigenvalue weighted by molar-refractivity contribution is 7.80. The van der Waals surface area contributed by atoms with E-state index in [1.54, 1.807) is 30.5 Å². The van der Waals surface area contributed by atoms with E-state index in [1.807, 2.05) is 59.5 Å². The normalized spacial score (nSPS) is 17.0. The molecule has 3 heterocycles. The van der Waals surface area contributed by atoms with Crippen LogP contribution in [0.2, 0.25) is 0 Å². The average molecular weight is 499 g/mol. The van der Waals surface area contributed by atoms with Crippen molar-refractivity contribution in [1.29, 1.82) is 0 Å². The zero-order chi connectivity index (χ0) is 25.2. The number of hydrogen-bond donors (Lipinski definition) is 3. The van der Waals surface area contributed by atoms with Crippen LogP contribution >= 0.6 is 12.2 Å². The lowest BCUT2D eigenvalue weighted by molar-refractivity contribution is -0.114. The van der Waals surface area contributed by atoms with Crippen molar-refractivity contribution in [3.05, 3.63) is 102 Å². The third kappa shape index (κ3) is 4.56. The largest absolute Gasteiger partial charge is 0.478 e. The van der Waals surface area contributed by atoms with Gasteiger partial charge in [0.15, 0.2) is 5.11 Å². The molecule has 5 rings (SSSR count). The van der Waals surface area contributed by atoms with E-state index in [4.69, 9.17) is 16.6 Å². The number of anilines is 2. The fourth-order valence-corrected chi connectivity index (χ4v) is 4.65. The molecule has 1 aliphatic rings. The Kier molecular flexibility index (Phi) is 6.22. The van der Waals surface area contributed by atoms with Gasteiger partial charge in [-0.3, -0.25) is 9.78 Å². The standard InChI is InChI=1S/C27H22N4O4S/c1-16(32)29-19-8-10-20(11-9-19)31-25(24(30-27(31)36)21-7-2-3-14-28-21)23-13-12-22(35-23)17-5-4-6-18(15-17)26(33)34/h2-15,24-25H,1H3,(H,29,32)(H,30,36)(H,33,34)/t24-,25-/m0/s1. The molecule has 1 fully saturated rings. The number of nitrogens with one attached hydrogen (secondary N) is 2. The number of furan rings is 1. The summed E-state index contributed by atoms with van der Waals surface area (Å²) in [6.45, 7) is 1.46. The number of benzene rings is 2. The molecule has 2 aromatic carbocycles. The molecule has 2 aromatic heterocycles. The topological polar surface area (TPSA) is 108 Å². The smallest absolute Gasteiger partial charge is 0.335 e. The number of pyridine rings is 1. The summed E-state index contributed by atoms with van der Waals surface area (Å²) in [4.78, 5) is 29.3. The van der Waals surface area contributed by atoms with Gasteiger partial charge in [0.2, 0.25) is 5.91 Å². The molecular formula is C27H22N4O4S. The molecule has 0 saturated carbocycles. The minimum atomic E-state index is -1.00. The van der Waals surface area contributed by atoms with Crippen LogP contribution in [0.1, 0.15) is 40.8 Å². The first kappa shape index (κ1) is 23.3. The summed E-state index contributed by atoms with van der Waals surface area (Å²) in [6, 6.07) is 22.7. The molecule has 0 spiro atoms. The fraction of sp³-hybridized carbons (Fsp3) is 0.111. The summed E-state index contributed by atoms with van der Waals surface area (Å²) in [6.07, 6.45) is 1.73. The van der Waals surface area contributed by atoms with Crippen molar-refractivity contribution in [3.63, 3.8) is 0 Å². The van der Waals surface area contributed by atoms with Crippen LogP contribution in [0.4, 0.5) is 11.4 Å². The molecule has 36 heavy (non-hydrogen) atoms. The number of aromatic nitrogens is 1. The van der Waals surface area contributed by atoms with Crippen LogP contribution in [0.15, 0.2) is 89.5 Å². The lowest BCUT2D eigenvalue weighted by atomic mass is 10.0. The number of nitrogens with zero attached hydrogens (tertiary/aromatic N) is 2. The third-order valence-electron chi connectivity index (χ3n) is 5.88. The van der Waals surface area contributed by atoms with Crippen LogP contribution in [-0.4, -0.2) is 27.1 Å². The summed E-state index contributed by atoms with van der Waals surface area (Å²) in [5.74, 6) is 0.0358. The van der Waals surface area contributed by atoms with E-state index in [-0.39, 0.29) is 23.6 Å². The number of rotatable bonds is 6. The van der Waals surface area contributed by atoms with Gasteiger partial charge in [0.25, 0.3) is 0 Å². The molecule has 1 amide bonds. The van der Waals surface area contributed by atoms with Crippen LogP contribution in [-0.2, 0) is 4.79 Å². The average Bonchev–Trinajstić information content (AvgIpc) is 3.49. The van der Waals surface area contributed by atoms with Gasteiger partial charge in [-0.25, -0.2) is 4.79 Å². The molecule has 4 aromatic rings. The van der Waals surface area contributed by atoms with Crippen LogP contribution in [0, 0.1) is 0 Å². The number of aromatic carboxylic acids is 1. The summed E-state index contributed by atoms with van der Waals surface area (Å²) in [5.41, 5.74) is 3.14. The fourth-order valence-electron chi connectivity index (χ4n) is 4.30. The number of carbonyl (C=O) groups is 2. The highest BCUT2D eigenvalue weighted by Crippen LogP contribution is 2.43. The molecule has 180 valence electrons. The zero-order valence-corrected chi connectivity index (χ0v) is 20.0. The highest BCUT2D eigenvalue weighted by Gasteiger charge is 2.42. The molecule has 0 aliphatic carbocycles. The summed E-state index contributed by atoms with van der Waals surface area (Å²) in [7, 11) is 0.